The standard InChI is InChI=1S/C11H16Br2N2O3S/c1-11(2,18-3)6-15-19(16,17)10-8(12)4-7(14)5-9(10)13/h4-5,15H,6,14H2,1-3H3. The molecule has 0 aromatic heterocycles. The average Bonchev–Trinajstić information content (AvgIpc) is 2.25. The maximum atomic E-state index is 12.3. The normalized spacial score (nSPS) is 12.7. The van der Waals surface area contributed by atoms with Gasteiger partial charge in [0.2, 0.25) is 10.0 Å². The van der Waals surface area contributed by atoms with Crippen LogP contribution in [0.4, 0.5) is 5.69 Å². The van der Waals surface area contributed by atoms with E-state index in [0.29, 0.717) is 14.6 Å². The fraction of sp³-hybridized carbons (Fsp3) is 0.455. The SMILES string of the molecule is COC(C)(C)CNS(=O)(=O)c1c(Br)cc(N)cc1Br. The molecule has 0 saturated carbocycles. The first-order chi connectivity index (χ1) is 8.59. The molecule has 108 valence electrons. The van der Waals surface area contributed by atoms with E-state index in [2.05, 4.69) is 36.6 Å². The van der Waals surface area contributed by atoms with Crippen LogP contribution < -0.4 is 10.5 Å². The lowest BCUT2D eigenvalue weighted by atomic mass is 10.1. The molecule has 0 spiro atoms. The smallest absolute Gasteiger partial charge is 0.242 e. The Balaban J connectivity index is 3.09. The minimum Gasteiger partial charge on any atom is -0.399 e. The van der Waals surface area contributed by atoms with Crippen molar-refractivity contribution in [3.63, 3.8) is 0 Å². The lowest BCUT2D eigenvalue weighted by Gasteiger charge is -2.23. The molecule has 0 heterocycles. The monoisotopic (exact) mass is 414 g/mol. The van der Waals surface area contributed by atoms with Gasteiger partial charge in [0.1, 0.15) is 4.90 Å². The molecule has 0 atom stereocenters. The van der Waals surface area contributed by atoms with Gasteiger partial charge in [-0.05, 0) is 57.8 Å². The summed E-state index contributed by atoms with van der Waals surface area (Å²) in [7, 11) is -2.13. The second kappa shape index (κ2) is 6.09. The van der Waals surface area contributed by atoms with Crippen LogP contribution in [0, 0.1) is 0 Å². The fourth-order valence-electron chi connectivity index (χ4n) is 1.25. The summed E-state index contributed by atoms with van der Waals surface area (Å²) in [6.07, 6.45) is 0. The number of nitrogens with two attached hydrogens (primary N) is 1. The van der Waals surface area contributed by atoms with Gasteiger partial charge in [-0.3, -0.25) is 0 Å². The van der Waals surface area contributed by atoms with Crippen molar-refractivity contribution in [2.45, 2.75) is 24.3 Å². The molecular formula is C11H16Br2N2O3S. The number of hydrogen-bond acceptors (Lipinski definition) is 4. The van der Waals surface area contributed by atoms with E-state index in [1.165, 1.54) is 7.11 Å². The Bertz CT molecular complexity index is 550. The summed E-state index contributed by atoms with van der Waals surface area (Å²) in [5, 5.41) is 0. The van der Waals surface area contributed by atoms with Crippen molar-refractivity contribution >= 4 is 47.6 Å². The summed E-state index contributed by atoms with van der Waals surface area (Å²) in [5.74, 6) is 0. The molecule has 0 radical (unpaired) electrons. The van der Waals surface area contributed by atoms with Crippen molar-refractivity contribution in [3.05, 3.63) is 21.1 Å². The van der Waals surface area contributed by atoms with E-state index in [0.717, 1.165) is 0 Å². The minimum absolute atomic E-state index is 0.119. The lowest BCUT2D eigenvalue weighted by molar-refractivity contribution is 0.0276. The molecule has 1 aromatic carbocycles. The Labute approximate surface area is 130 Å². The fourth-order valence-corrected chi connectivity index (χ4v) is 5.06. The van der Waals surface area contributed by atoms with Crippen molar-refractivity contribution in [1.29, 1.82) is 0 Å². The molecule has 0 bridgehead atoms. The molecular weight excluding hydrogens is 400 g/mol. The first-order valence-electron chi connectivity index (χ1n) is 5.38. The molecule has 5 nitrogen and oxygen atoms in total. The van der Waals surface area contributed by atoms with Crippen LogP contribution in [0.25, 0.3) is 0 Å². The van der Waals surface area contributed by atoms with Crippen LogP contribution in [-0.4, -0.2) is 27.7 Å². The van der Waals surface area contributed by atoms with Crippen LogP contribution in [0.5, 0.6) is 0 Å². The summed E-state index contributed by atoms with van der Waals surface area (Å²) in [6, 6.07) is 3.08. The maximum absolute atomic E-state index is 12.3. The second-order valence-corrected chi connectivity index (χ2v) is 8.01. The van der Waals surface area contributed by atoms with Crippen molar-refractivity contribution in [2.24, 2.45) is 0 Å². The van der Waals surface area contributed by atoms with Crippen LogP contribution in [0.2, 0.25) is 0 Å². The Kier molecular flexibility index (Phi) is 5.42. The van der Waals surface area contributed by atoms with Crippen LogP contribution in [0.15, 0.2) is 26.0 Å². The zero-order valence-corrected chi connectivity index (χ0v) is 14.8. The topological polar surface area (TPSA) is 81.4 Å². The van der Waals surface area contributed by atoms with Gasteiger partial charge in [-0.2, -0.15) is 0 Å². The van der Waals surface area contributed by atoms with Gasteiger partial charge in [-0.15, -0.1) is 0 Å². The van der Waals surface area contributed by atoms with Gasteiger partial charge in [0.15, 0.2) is 0 Å². The van der Waals surface area contributed by atoms with Gasteiger partial charge in [0, 0.05) is 28.3 Å². The molecule has 0 saturated heterocycles. The van der Waals surface area contributed by atoms with Crippen molar-refractivity contribution < 1.29 is 13.2 Å². The average molecular weight is 416 g/mol. The quantitative estimate of drug-likeness (QED) is 0.723. The minimum atomic E-state index is -3.66. The molecule has 0 aliphatic rings. The summed E-state index contributed by atoms with van der Waals surface area (Å²) in [6.45, 7) is 3.75. The highest BCUT2D eigenvalue weighted by Gasteiger charge is 2.25. The molecule has 0 unspecified atom stereocenters. The molecule has 8 heteroatoms. The Morgan fingerprint density at radius 1 is 1.32 bits per heavy atom. The van der Waals surface area contributed by atoms with Gasteiger partial charge in [-0.25, -0.2) is 13.1 Å². The number of methoxy groups -OCH3 is 1. The van der Waals surface area contributed by atoms with E-state index in [9.17, 15) is 8.42 Å². The third-order valence-corrected chi connectivity index (χ3v) is 5.81. The predicted molar refractivity (Wildman–Crippen MR) is 82.5 cm³/mol. The highest BCUT2D eigenvalue weighted by atomic mass is 79.9. The first-order valence-corrected chi connectivity index (χ1v) is 8.45. The van der Waals surface area contributed by atoms with Gasteiger partial charge < -0.3 is 10.5 Å². The third-order valence-electron chi connectivity index (χ3n) is 2.53. The highest BCUT2D eigenvalue weighted by Crippen LogP contribution is 2.32. The van der Waals surface area contributed by atoms with E-state index in [-0.39, 0.29) is 11.4 Å². The predicted octanol–water partition coefficient (Wildman–Crippen LogP) is 2.50. The van der Waals surface area contributed by atoms with E-state index >= 15 is 0 Å². The van der Waals surface area contributed by atoms with Gasteiger partial charge >= 0.3 is 0 Å². The van der Waals surface area contributed by atoms with Crippen LogP contribution in [-0.2, 0) is 14.8 Å². The van der Waals surface area contributed by atoms with Crippen LogP contribution >= 0.6 is 31.9 Å². The Morgan fingerprint density at radius 2 is 1.79 bits per heavy atom. The van der Waals surface area contributed by atoms with Gasteiger partial charge in [0.25, 0.3) is 0 Å². The zero-order valence-electron chi connectivity index (χ0n) is 10.8. The lowest BCUT2D eigenvalue weighted by Crippen LogP contribution is -2.39. The molecule has 19 heavy (non-hydrogen) atoms. The number of sulfonamides is 1. The zero-order chi connectivity index (χ0) is 14.8. The van der Waals surface area contributed by atoms with Crippen LogP contribution in [0.1, 0.15) is 13.8 Å². The molecule has 0 aliphatic carbocycles. The number of rotatable bonds is 5. The van der Waals surface area contributed by atoms with E-state index in [1.54, 1.807) is 26.0 Å². The van der Waals surface area contributed by atoms with E-state index in [4.69, 9.17) is 10.5 Å². The Morgan fingerprint density at radius 3 is 2.21 bits per heavy atom. The second-order valence-electron chi connectivity index (χ2n) is 4.60. The van der Waals surface area contributed by atoms with Crippen molar-refractivity contribution in [2.75, 3.05) is 19.4 Å². The molecule has 3 N–H and O–H groups in total. The molecule has 1 aromatic rings. The largest absolute Gasteiger partial charge is 0.399 e. The van der Waals surface area contributed by atoms with E-state index in [1.807, 2.05) is 0 Å². The van der Waals surface area contributed by atoms with E-state index < -0.39 is 15.6 Å². The van der Waals surface area contributed by atoms with Gasteiger partial charge in [0.05, 0.1) is 5.60 Å². The molecule has 0 fully saturated rings. The number of hydrogen-bond donors (Lipinski definition) is 2. The van der Waals surface area contributed by atoms with Crippen molar-refractivity contribution in [3.8, 4) is 0 Å². The first kappa shape index (κ1) is 16.9. The van der Waals surface area contributed by atoms with Crippen LogP contribution in [0.3, 0.4) is 0 Å². The van der Waals surface area contributed by atoms with Gasteiger partial charge in [-0.1, -0.05) is 0 Å². The molecule has 0 aliphatic heterocycles. The number of halogens is 2. The number of benzene rings is 1. The number of anilines is 1. The molecule has 1 rings (SSSR count). The summed E-state index contributed by atoms with van der Waals surface area (Å²) < 4.78 is 33.1. The highest BCUT2D eigenvalue weighted by molar-refractivity contribution is 9.11. The summed E-state index contributed by atoms with van der Waals surface area (Å²) >= 11 is 6.42. The maximum Gasteiger partial charge on any atom is 0.242 e. The number of nitrogens with one attached hydrogen (secondary N) is 1. The number of nitrogen functional groups attached to an aromatic ring is 1. The van der Waals surface area contributed by atoms with Crippen molar-refractivity contribution in [1.82, 2.24) is 4.72 Å². The summed E-state index contributed by atoms with van der Waals surface area (Å²) in [4.78, 5) is 0.119. The summed E-state index contributed by atoms with van der Waals surface area (Å²) in [5.41, 5.74) is 5.53. The third kappa shape index (κ3) is 4.42. The molecule has 0 amide bonds. The number of ether oxygens (including phenoxy) is 1. The Hall–Kier alpha value is -0.150.